The topological polar surface area (TPSA) is 92.2 Å². The first kappa shape index (κ1) is 11.6. The average Bonchev–Trinajstić information content (AvgIpc) is 2.61. The van der Waals surface area contributed by atoms with Crippen molar-refractivity contribution in [1.29, 1.82) is 0 Å². The molecule has 1 aromatic heterocycles. The van der Waals surface area contributed by atoms with E-state index in [1.54, 1.807) is 12.1 Å². The van der Waals surface area contributed by atoms with Crippen LogP contribution in [0.25, 0.3) is 0 Å². The molecule has 0 aliphatic carbocycles. The fourth-order valence-corrected chi connectivity index (χ4v) is 1.99. The van der Waals surface area contributed by atoms with Crippen LogP contribution in [0.2, 0.25) is 0 Å². The number of aromatic nitrogens is 2. The van der Waals surface area contributed by atoms with E-state index in [4.69, 9.17) is 4.55 Å². The molecule has 0 atom stereocenters. The van der Waals surface area contributed by atoms with Gasteiger partial charge in [0, 0.05) is 6.20 Å². The summed E-state index contributed by atoms with van der Waals surface area (Å²) in [6.45, 7) is 0.217. The molecule has 0 saturated carbocycles. The largest absolute Gasteiger partial charge is 0.301 e. The highest BCUT2D eigenvalue weighted by molar-refractivity contribution is 7.85. The Bertz CT molecular complexity index is 670. The van der Waals surface area contributed by atoms with Gasteiger partial charge in [-0.2, -0.15) is 8.42 Å². The van der Waals surface area contributed by atoms with Crippen LogP contribution in [0, 0.1) is 0 Å². The van der Waals surface area contributed by atoms with E-state index in [1.807, 2.05) is 18.2 Å². The summed E-state index contributed by atoms with van der Waals surface area (Å²) < 4.78 is 31.6. The Hall–Kier alpha value is -1.86. The SMILES string of the molecule is O=c1c(S(=O)(=O)O)c[nH]n1Cc1ccccc1. The van der Waals surface area contributed by atoms with E-state index >= 15 is 0 Å². The van der Waals surface area contributed by atoms with E-state index in [0.29, 0.717) is 0 Å². The molecule has 0 unspecified atom stereocenters. The number of rotatable bonds is 3. The van der Waals surface area contributed by atoms with Gasteiger partial charge in [0.15, 0.2) is 4.90 Å². The van der Waals surface area contributed by atoms with Gasteiger partial charge in [-0.25, -0.2) is 4.68 Å². The van der Waals surface area contributed by atoms with E-state index < -0.39 is 20.6 Å². The zero-order valence-electron chi connectivity index (χ0n) is 8.70. The lowest BCUT2D eigenvalue weighted by Crippen LogP contribution is -2.21. The summed E-state index contributed by atoms with van der Waals surface area (Å²) in [6, 6.07) is 9.07. The highest BCUT2D eigenvalue weighted by Gasteiger charge is 2.18. The van der Waals surface area contributed by atoms with Crippen LogP contribution in [0.3, 0.4) is 0 Å². The molecule has 0 radical (unpaired) electrons. The third-order valence-electron chi connectivity index (χ3n) is 2.27. The lowest BCUT2D eigenvalue weighted by molar-refractivity contribution is 0.482. The van der Waals surface area contributed by atoms with Gasteiger partial charge in [-0.15, -0.1) is 0 Å². The van der Waals surface area contributed by atoms with Crippen molar-refractivity contribution in [2.45, 2.75) is 11.4 Å². The summed E-state index contributed by atoms with van der Waals surface area (Å²) in [7, 11) is -4.47. The second-order valence-electron chi connectivity index (χ2n) is 3.49. The van der Waals surface area contributed by atoms with E-state index in [0.717, 1.165) is 16.4 Å². The standard InChI is InChI=1S/C10H10N2O4S/c13-10-9(17(14,15)16)6-11-12(10)7-8-4-2-1-3-5-8/h1-6,11H,7H2,(H,14,15,16). The normalized spacial score (nSPS) is 11.6. The first-order valence-electron chi connectivity index (χ1n) is 4.78. The summed E-state index contributed by atoms with van der Waals surface area (Å²) >= 11 is 0. The second kappa shape index (κ2) is 4.19. The highest BCUT2D eigenvalue weighted by Crippen LogP contribution is 2.03. The molecule has 17 heavy (non-hydrogen) atoms. The number of benzene rings is 1. The zero-order chi connectivity index (χ0) is 12.5. The van der Waals surface area contributed by atoms with Crippen LogP contribution in [0.5, 0.6) is 0 Å². The minimum absolute atomic E-state index is 0.217. The Kier molecular flexibility index (Phi) is 2.86. The van der Waals surface area contributed by atoms with Gasteiger partial charge >= 0.3 is 10.1 Å². The van der Waals surface area contributed by atoms with Crippen LogP contribution >= 0.6 is 0 Å². The number of hydrogen-bond acceptors (Lipinski definition) is 3. The Morgan fingerprint density at radius 3 is 2.41 bits per heavy atom. The van der Waals surface area contributed by atoms with E-state index in [2.05, 4.69) is 5.10 Å². The van der Waals surface area contributed by atoms with Gasteiger partial charge in [0.2, 0.25) is 0 Å². The summed E-state index contributed by atoms with van der Waals surface area (Å²) in [4.78, 5) is 11.0. The second-order valence-corrected chi connectivity index (χ2v) is 4.88. The Labute approximate surface area is 97.3 Å². The van der Waals surface area contributed by atoms with Crippen molar-refractivity contribution in [2.75, 3.05) is 0 Å². The molecular weight excluding hydrogens is 244 g/mol. The number of nitrogens with zero attached hydrogens (tertiary/aromatic N) is 1. The molecule has 0 spiro atoms. The predicted molar refractivity (Wildman–Crippen MR) is 60.4 cm³/mol. The van der Waals surface area contributed by atoms with Gasteiger partial charge in [0.05, 0.1) is 6.54 Å². The Balaban J connectivity index is 2.37. The summed E-state index contributed by atoms with van der Waals surface area (Å²) in [5.41, 5.74) is 0.0784. The van der Waals surface area contributed by atoms with Gasteiger partial charge in [0.25, 0.3) is 5.56 Å². The number of hydrogen-bond donors (Lipinski definition) is 2. The summed E-state index contributed by atoms with van der Waals surface area (Å²) in [5.74, 6) is 0. The van der Waals surface area contributed by atoms with Gasteiger partial charge in [-0.3, -0.25) is 9.35 Å². The molecule has 0 bridgehead atoms. The quantitative estimate of drug-likeness (QED) is 0.779. The first-order valence-corrected chi connectivity index (χ1v) is 6.22. The molecule has 2 N–H and O–H groups in total. The van der Waals surface area contributed by atoms with Gasteiger partial charge in [-0.05, 0) is 5.56 Å². The fourth-order valence-electron chi connectivity index (χ4n) is 1.46. The van der Waals surface area contributed by atoms with Crippen LogP contribution < -0.4 is 5.56 Å². The van der Waals surface area contributed by atoms with Crippen molar-refractivity contribution in [3.05, 3.63) is 52.4 Å². The van der Waals surface area contributed by atoms with Gasteiger partial charge < -0.3 is 5.10 Å². The van der Waals surface area contributed by atoms with E-state index in [-0.39, 0.29) is 6.54 Å². The lowest BCUT2D eigenvalue weighted by atomic mass is 10.2. The molecule has 2 aromatic rings. The first-order chi connectivity index (χ1) is 7.98. The molecule has 0 fully saturated rings. The minimum atomic E-state index is -4.47. The molecule has 0 aliphatic heterocycles. The monoisotopic (exact) mass is 254 g/mol. The maximum Gasteiger partial charge on any atom is 0.301 e. The number of nitrogens with one attached hydrogen (secondary N) is 1. The van der Waals surface area contributed by atoms with Crippen molar-refractivity contribution in [3.63, 3.8) is 0 Å². The third kappa shape index (κ3) is 2.45. The predicted octanol–water partition coefficient (Wildman–Crippen LogP) is 0.471. The van der Waals surface area contributed by atoms with Crippen LogP contribution in [-0.2, 0) is 16.7 Å². The summed E-state index contributed by atoms with van der Waals surface area (Å²) in [6.07, 6.45) is 0.973. The van der Waals surface area contributed by atoms with Crippen molar-refractivity contribution < 1.29 is 13.0 Å². The molecule has 1 heterocycles. The van der Waals surface area contributed by atoms with E-state index in [9.17, 15) is 13.2 Å². The molecule has 7 heteroatoms. The molecule has 2 rings (SSSR count). The highest BCUT2D eigenvalue weighted by atomic mass is 32.2. The third-order valence-corrected chi connectivity index (χ3v) is 3.12. The molecule has 90 valence electrons. The minimum Gasteiger partial charge on any atom is -0.301 e. The van der Waals surface area contributed by atoms with Crippen molar-refractivity contribution in [1.82, 2.24) is 9.78 Å². The summed E-state index contributed by atoms with van der Waals surface area (Å²) in [5, 5.41) is 2.49. The molecule has 1 aromatic carbocycles. The van der Waals surface area contributed by atoms with Crippen molar-refractivity contribution in [2.24, 2.45) is 0 Å². The number of aromatic amines is 1. The molecule has 6 nitrogen and oxygen atoms in total. The van der Waals surface area contributed by atoms with Gasteiger partial charge in [0.1, 0.15) is 0 Å². The van der Waals surface area contributed by atoms with Crippen LogP contribution in [0.15, 0.2) is 46.2 Å². The maximum atomic E-state index is 11.6. The Morgan fingerprint density at radius 1 is 1.24 bits per heavy atom. The smallest absolute Gasteiger partial charge is 0.301 e. The van der Waals surface area contributed by atoms with Gasteiger partial charge in [-0.1, -0.05) is 30.3 Å². The molecule has 0 amide bonds. The van der Waals surface area contributed by atoms with Crippen LogP contribution in [0.1, 0.15) is 5.56 Å². The lowest BCUT2D eigenvalue weighted by Gasteiger charge is -2.00. The average molecular weight is 254 g/mol. The van der Waals surface area contributed by atoms with Crippen molar-refractivity contribution in [3.8, 4) is 0 Å². The molecule has 0 aliphatic rings. The fraction of sp³-hybridized carbons (Fsp3) is 0.100. The number of H-pyrrole nitrogens is 1. The van der Waals surface area contributed by atoms with Crippen LogP contribution in [-0.4, -0.2) is 22.8 Å². The van der Waals surface area contributed by atoms with Crippen molar-refractivity contribution >= 4 is 10.1 Å². The Morgan fingerprint density at radius 2 is 1.88 bits per heavy atom. The van der Waals surface area contributed by atoms with E-state index in [1.165, 1.54) is 0 Å². The van der Waals surface area contributed by atoms with Crippen LogP contribution in [0.4, 0.5) is 0 Å². The maximum absolute atomic E-state index is 11.6. The molecule has 0 saturated heterocycles. The zero-order valence-corrected chi connectivity index (χ0v) is 9.52. The molecular formula is C10H10N2O4S.